The molecule has 4 nitrogen and oxygen atoms in total. The molecule has 23 heavy (non-hydrogen) atoms. The third kappa shape index (κ3) is 7.82. The lowest BCUT2D eigenvalue weighted by molar-refractivity contribution is -0.149. The Morgan fingerprint density at radius 3 is 2.22 bits per heavy atom. The van der Waals surface area contributed by atoms with Gasteiger partial charge in [0.05, 0.1) is 24.2 Å². The van der Waals surface area contributed by atoms with Crippen LogP contribution in [0.4, 0.5) is 0 Å². The molecular formula is C19H28O4. The maximum Gasteiger partial charge on any atom is 0.338 e. The maximum absolute atomic E-state index is 12.0. The molecule has 0 heterocycles. The third-order valence-electron chi connectivity index (χ3n) is 3.54. The van der Waals surface area contributed by atoms with E-state index >= 15 is 0 Å². The second-order valence-electron chi connectivity index (χ2n) is 7.00. The van der Waals surface area contributed by atoms with Crippen LogP contribution < -0.4 is 0 Å². The lowest BCUT2D eigenvalue weighted by Gasteiger charge is -2.25. The van der Waals surface area contributed by atoms with Crippen LogP contribution in [-0.2, 0) is 14.3 Å². The Kier molecular flexibility index (Phi) is 7.27. The van der Waals surface area contributed by atoms with E-state index in [-0.39, 0.29) is 29.6 Å². The number of carbonyl (C=O) groups excluding carboxylic acids is 2. The molecule has 0 aliphatic carbocycles. The zero-order valence-corrected chi connectivity index (χ0v) is 14.8. The average molecular weight is 320 g/mol. The fourth-order valence-corrected chi connectivity index (χ4v) is 2.26. The molecule has 128 valence electrons. The Balaban J connectivity index is 2.41. The first-order valence-electron chi connectivity index (χ1n) is 8.15. The van der Waals surface area contributed by atoms with Gasteiger partial charge in [0.25, 0.3) is 0 Å². The van der Waals surface area contributed by atoms with Gasteiger partial charge in [0.2, 0.25) is 0 Å². The normalized spacial score (nSPS) is 12.8. The van der Waals surface area contributed by atoms with Crippen LogP contribution in [0.5, 0.6) is 0 Å². The predicted octanol–water partition coefficient (Wildman–Crippen LogP) is 4.38. The Bertz CT molecular complexity index is 505. The third-order valence-corrected chi connectivity index (χ3v) is 3.54. The van der Waals surface area contributed by atoms with Crippen LogP contribution in [0.3, 0.4) is 0 Å². The number of carbonyl (C=O) groups is 2. The highest BCUT2D eigenvalue weighted by atomic mass is 16.5. The summed E-state index contributed by atoms with van der Waals surface area (Å²) in [7, 11) is 0. The van der Waals surface area contributed by atoms with E-state index in [1.54, 1.807) is 12.1 Å². The molecule has 1 atom stereocenters. The molecule has 1 unspecified atom stereocenters. The van der Waals surface area contributed by atoms with E-state index < -0.39 is 0 Å². The van der Waals surface area contributed by atoms with E-state index in [1.165, 1.54) is 0 Å². The first-order chi connectivity index (χ1) is 10.7. The molecule has 0 N–H and O–H groups in total. The van der Waals surface area contributed by atoms with Gasteiger partial charge in [0.15, 0.2) is 0 Å². The van der Waals surface area contributed by atoms with Crippen molar-refractivity contribution in [1.29, 1.82) is 0 Å². The van der Waals surface area contributed by atoms with Gasteiger partial charge in [-0.25, -0.2) is 4.79 Å². The summed E-state index contributed by atoms with van der Waals surface area (Å²) in [5.41, 5.74) is 0.374. The summed E-state index contributed by atoms with van der Waals surface area (Å²) >= 11 is 0. The molecule has 0 spiro atoms. The second kappa shape index (κ2) is 8.70. The molecule has 0 fully saturated rings. The standard InChI is InChI=1S/C19H28O4/c1-14(2)22-17(20)13-19(4,5)12-11-15(3)23-18(21)16-9-7-6-8-10-16/h6-10,14-15H,11-13H2,1-5H3. The summed E-state index contributed by atoms with van der Waals surface area (Å²) in [6.45, 7) is 9.62. The van der Waals surface area contributed by atoms with Crippen LogP contribution in [0.15, 0.2) is 30.3 Å². The van der Waals surface area contributed by atoms with Crippen LogP contribution >= 0.6 is 0 Å². The maximum atomic E-state index is 12.0. The van der Waals surface area contributed by atoms with E-state index in [1.807, 2.05) is 52.8 Å². The highest BCUT2D eigenvalue weighted by Crippen LogP contribution is 2.28. The summed E-state index contributed by atoms with van der Waals surface area (Å²) < 4.78 is 10.6. The second-order valence-corrected chi connectivity index (χ2v) is 7.00. The Hall–Kier alpha value is -1.84. The molecule has 0 saturated carbocycles. The van der Waals surface area contributed by atoms with E-state index in [4.69, 9.17) is 9.47 Å². The topological polar surface area (TPSA) is 52.6 Å². The van der Waals surface area contributed by atoms with Crippen molar-refractivity contribution >= 4 is 11.9 Å². The number of esters is 2. The van der Waals surface area contributed by atoms with Crippen molar-refractivity contribution < 1.29 is 19.1 Å². The quantitative estimate of drug-likeness (QED) is 0.667. The lowest BCUT2D eigenvalue weighted by Crippen LogP contribution is -2.23. The number of hydrogen-bond acceptors (Lipinski definition) is 4. The fraction of sp³-hybridized carbons (Fsp3) is 0.579. The Labute approximate surface area is 139 Å². The van der Waals surface area contributed by atoms with E-state index in [0.29, 0.717) is 18.4 Å². The van der Waals surface area contributed by atoms with Gasteiger partial charge in [-0.15, -0.1) is 0 Å². The predicted molar refractivity (Wildman–Crippen MR) is 90.2 cm³/mol. The number of benzene rings is 1. The molecule has 0 bridgehead atoms. The molecule has 1 aromatic carbocycles. The van der Waals surface area contributed by atoms with Crippen molar-refractivity contribution in [3.05, 3.63) is 35.9 Å². The molecule has 1 aromatic rings. The van der Waals surface area contributed by atoms with Crippen LogP contribution in [0.2, 0.25) is 0 Å². The van der Waals surface area contributed by atoms with Gasteiger partial charge in [0.1, 0.15) is 0 Å². The van der Waals surface area contributed by atoms with Crippen LogP contribution in [0.25, 0.3) is 0 Å². The zero-order chi connectivity index (χ0) is 17.5. The van der Waals surface area contributed by atoms with Gasteiger partial charge in [-0.3, -0.25) is 4.79 Å². The Morgan fingerprint density at radius 2 is 1.65 bits per heavy atom. The van der Waals surface area contributed by atoms with Gasteiger partial charge in [0, 0.05) is 0 Å². The molecule has 1 rings (SSSR count). The number of hydrogen-bond donors (Lipinski definition) is 0. The summed E-state index contributed by atoms with van der Waals surface area (Å²) in [4.78, 5) is 23.8. The molecule has 0 radical (unpaired) electrons. The van der Waals surface area contributed by atoms with Crippen molar-refractivity contribution in [3.8, 4) is 0 Å². The van der Waals surface area contributed by atoms with Crippen molar-refractivity contribution in [1.82, 2.24) is 0 Å². The minimum atomic E-state index is -0.310. The first-order valence-corrected chi connectivity index (χ1v) is 8.15. The minimum Gasteiger partial charge on any atom is -0.463 e. The average Bonchev–Trinajstić information content (AvgIpc) is 2.44. The van der Waals surface area contributed by atoms with Gasteiger partial charge < -0.3 is 9.47 Å². The summed E-state index contributed by atoms with van der Waals surface area (Å²) in [6, 6.07) is 8.95. The number of rotatable bonds is 8. The zero-order valence-electron chi connectivity index (χ0n) is 14.8. The van der Waals surface area contributed by atoms with Gasteiger partial charge in [-0.05, 0) is 51.2 Å². The lowest BCUT2D eigenvalue weighted by atomic mass is 9.83. The molecule has 0 aliphatic heterocycles. The van der Waals surface area contributed by atoms with Crippen molar-refractivity contribution in [2.45, 2.75) is 66.1 Å². The number of ether oxygens (including phenoxy) is 2. The summed E-state index contributed by atoms with van der Waals surface area (Å²) in [6.07, 6.45) is 1.57. The highest BCUT2D eigenvalue weighted by Gasteiger charge is 2.25. The smallest absolute Gasteiger partial charge is 0.338 e. The minimum absolute atomic E-state index is 0.0935. The molecule has 0 aromatic heterocycles. The van der Waals surface area contributed by atoms with Crippen LogP contribution in [0, 0.1) is 5.41 Å². The highest BCUT2D eigenvalue weighted by molar-refractivity contribution is 5.89. The van der Waals surface area contributed by atoms with Gasteiger partial charge >= 0.3 is 11.9 Å². The summed E-state index contributed by atoms with van der Waals surface area (Å²) in [5, 5.41) is 0. The molecule has 0 aliphatic rings. The molecule has 0 amide bonds. The molecule has 0 saturated heterocycles. The molecule has 4 heteroatoms. The summed E-state index contributed by atoms with van der Waals surface area (Å²) in [5.74, 6) is -0.492. The Morgan fingerprint density at radius 1 is 1.04 bits per heavy atom. The van der Waals surface area contributed by atoms with E-state index in [2.05, 4.69) is 0 Å². The largest absolute Gasteiger partial charge is 0.463 e. The first kappa shape index (κ1) is 19.2. The van der Waals surface area contributed by atoms with Gasteiger partial charge in [-0.2, -0.15) is 0 Å². The van der Waals surface area contributed by atoms with Crippen molar-refractivity contribution in [2.24, 2.45) is 5.41 Å². The SMILES string of the molecule is CC(C)OC(=O)CC(C)(C)CCC(C)OC(=O)c1ccccc1. The van der Waals surface area contributed by atoms with Crippen molar-refractivity contribution in [3.63, 3.8) is 0 Å². The van der Waals surface area contributed by atoms with Crippen molar-refractivity contribution in [2.75, 3.05) is 0 Å². The van der Waals surface area contributed by atoms with Gasteiger partial charge in [-0.1, -0.05) is 32.0 Å². The fourth-order valence-electron chi connectivity index (χ4n) is 2.26. The van der Waals surface area contributed by atoms with E-state index in [0.717, 1.165) is 6.42 Å². The molecular weight excluding hydrogens is 292 g/mol. The van der Waals surface area contributed by atoms with Crippen LogP contribution in [0.1, 0.15) is 64.2 Å². The van der Waals surface area contributed by atoms with E-state index in [9.17, 15) is 9.59 Å². The monoisotopic (exact) mass is 320 g/mol. The van der Waals surface area contributed by atoms with Crippen LogP contribution in [-0.4, -0.2) is 24.1 Å².